The van der Waals surface area contributed by atoms with Crippen molar-refractivity contribution in [1.82, 2.24) is 4.98 Å². The second-order valence-corrected chi connectivity index (χ2v) is 6.31. The van der Waals surface area contributed by atoms with Gasteiger partial charge in [-0.1, -0.05) is 11.6 Å². The lowest BCUT2D eigenvalue weighted by molar-refractivity contribution is 0.102. The lowest BCUT2D eigenvalue weighted by atomic mass is 9.89. The van der Waals surface area contributed by atoms with Gasteiger partial charge in [0.15, 0.2) is 0 Å². The summed E-state index contributed by atoms with van der Waals surface area (Å²) in [6.07, 6.45) is 2.67. The van der Waals surface area contributed by atoms with Crippen LogP contribution >= 0.6 is 11.6 Å². The van der Waals surface area contributed by atoms with Gasteiger partial charge in [0, 0.05) is 17.4 Å². The molecule has 6 nitrogen and oxygen atoms in total. The first-order valence-electron chi connectivity index (χ1n) is 7.84. The second-order valence-electron chi connectivity index (χ2n) is 5.88. The Kier molecular flexibility index (Phi) is 5.09. The summed E-state index contributed by atoms with van der Waals surface area (Å²) in [7, 11) is 0. The fourth-order valence-electron chi connectivity index (χ4n) is 2.70. The van der Waals surface area contributed by atoms with Gasteiger partial charge in [-0.2, -0.15) is 0 Å². The molecule has 0 saturated heterocycles. The van der Waals surface area contributed by atoms with Crippen LogP contribution in [0.4, 0.5) is 14.5 Å². The highest BCUT2D eigenvalue weighted by molar-refractivity contribution is 6.30. The van der Waals surface area contributed by atoms with Gasteiger partial charge in [-0.05, 0) is 43.3 Å². The molecule has 0 unspecified atom stereocenters. The standard InChI is InChI=1S/C18H15ClF2N4O2/c1-10-7-18(9-20,25-17(22)27-10)13-6-12(3-4-14(13)21)24-16(26)15-5-2-11(19)8-23-15/h2-8H,9H2,1H3,(H2,22,25)(H,24,26)/t18-/m1/s1. The van der Waals surface area contributed by atoms with Crippen molar-refractivity contribution in [2.45, 2.75) is 12.5 Å². The number of nitrogens with one attached hydrogen (secondary N) is 1. The van der Waals surface area contributed by atoms with Gasteiger partial charge in [0.1, 0.15) is 29.5 Å². The summed E-state index contributed by atoms with van der Waals surface area (Å²) < 4.78 is 33.4. The van der Waals surface area contributed by atoms with Gasteiger partial charge in [0.2, 0.25) is 0 Å². The molecule has 140 valence electrons. The van der Waals surface area contributed by atoms with Crippen molar-refractivity contribution in [2.24, 2.45) is 10.7 Å². The number of nitrogens with two attached hydrogens (primary N) is 1. The molecule has 2 heterocycles. The molecule has 0 spiro atoms. The molecule has 9 heteroatoms. The van der Waals surface area contributed by atoms with E-state index in [0.29, 0.717) is 10.8 Å². The molecule has 0 radical (unpaired) electrons. The number of rotatable bonds is 4. The number of ether oxygens (including phenoxy) is 1. The Labute approximate surface area is 158 Å². The normalized spacial score (nSPS) is 19.0. The third-order valence-corrected chi connectivity index (χ3v) is 4.10. The highest BCUT2D eigenvalue weighted by Gasteiger charge is 2.36. The zero-order chi connectivity index (χ0) is 19.6. The minimum Gasteiger partial charge on any atom is -0.431 e. The molecule has 2 aromatic rings. The third kappa shape index (κ3) is 3.90. The van der Waals surface area contributed by atoms with Crippen molar-refractivity contribution in [3.8, 4) is 0 Å². The molecule has 27 heavy (non-hydrogen) atoms. The minimum atomic E-state index is -1.67. The molecular formula is C18H15ClF2N4O2. The number of halogens is 3. The topological polar surface area (TPSA) is 89.6 Å². The number of allylic oxidation sites excluding steroid dienone is 1. The Bertz CT molecular complexity index is 927. The van der Waals surface area contributed by atoms with E-state index < -0.39 is 23.9 Å². The van der Waals surface area contributed by atoms with Crippen LogP contribution in [0.5, 0.6) is 0 Å². The highest BCUT2D eigenvalue weighted by Crippen LogP contribution is 2.35. The maximum Gasteiger partial charge on any atom is 0.288 e. The fourth-order valence-corrected chi connectivity index (χ4v) is 2.81. The smallest absolute Gasteiger partial charge is 0.288 e. The van der Waals surface area contributed by atoms with Gasteiger partial charge in [-0.3, -0.25) is 4.79 Å². The van der Waals surface area contributed by atoms with Crippen molar-refractivity contribution in [3.63, 3.8) is 0 Å². The number of aromatic nitrogens is 1. The molecule has 1 aliphatic rings. The molecular weight excluding hydrogens is 378 g/mol. The van der Waals surface area contributed by atoms with E-state index in [2.05, 4.69) is 15.3 Å². The van der Waals surface area contributed by atoms with Gasteiger partial charge in [0.25, 0.3) is 11.9 Å². The van der Waals surface area contributed by atoms with Crippen LogP contribution in [-0.4, -0.2) is 23.6 Å². The zero-order valence-electron chi connectivity index (χ0n) is 14.2. The molecule has 1 aromatic heterocycles. The number of amidine groups is 1. The van der Waals surface area contributed by atoms with E-state index in [0.717, 1.165) is 6.07 Å². The molecule has 0 aliphatic carbocycles. The summed E-state index contributed by atoms with van der Waals surface area (Å²) in [5.74, 6) is -0.933. The van der Waals surface area contributed by atoms with E-state index in [1.165, 1.54) is 36.5 Å². The summed E-state index contributed by atoms with van der Waals surface area (Å²) in [4.78, 5) is 20.1. The van der Waals surface area contributed by atoms with Crippen LogP contribution in [0.1, 0.15) is 23.0 Å². The van der Waals surface area contributed by atoms with Gasteiger partial charge in [-0.25, -0.2) is 18.8 Å². The molecule has 3 rings (SSSR count). The Balaban J connectivity index is 1.96. The predicted octanol–water partition coefficient (Wildman–Crippen LogP) is 3.54. The lowest BCUT2D eigenvalue weighted by Crippen LogP contribution is -2.34. The van der Waals surface area contributed by atoms with Crippen molar-refractivity contribution >= 4 is 29.2 Å². The maximum atomic E-state index is 14.5. The average molecular weight is 393 g/mol. The lowest BCUT2D eigenvalue weighted by Gasteiger charge is -2.29. The number of aliphatic imine (C=N–C) groups is 1. The molecule has 1 aliphatic heterocycles. The first-order valence-corrected chi connectivity index (χ1v) is 8.22. The van der Waals surface area contributed by atoms with Crippen LogP contribution in [0.15, 0.2) is 53.4 Å². The number of pyridine rings is 1. The van der Waals surface area contributed by atoms with Gasteiger partial charge in [-0.15, -0.1) is 0 Å². The van der Waals surface area contributed by atoms with Crippen LogP contribution in [0, 0.1) is 5.82 Å². The van der Waals surface area contributed by atoms with Crippen LogP contribution in [0.3, 0.4) is 0 Å². The molecule has 3 N–H and O–H groups in total. The fraction of sp³-hybridized carbons (Fsp3) is 0.167. The second kappa shape index (κ2) is 7.32. The number of nitrogens with zero attached hydrogens (tertiary/aromatic N) is 2. The van der Waals surface area contributed by atoms with Gasteiger partial charge < -0.3 is 15.8 Å². The molecule has 0 bridgehead atoms. The Morgan fingerprint density at radius 1 is 1.37 bits per heavy atom. The zero-order valence-corrected chi connectivity index (χ0v) is 14.9. The van der Waals surface area contributed by atoms with E-state index in [1.54, 1.807) is 6.92 Å². The molecule has 0 fully saturated rings. The summed E-state index contributed by atoms with van der Waals surface area (Å²) >= 11 is 5.75. The van der Waals surface area contributed by atoms with E-state index in [1.807, 2.05) is 0 Å². The Hall–Kier alpha value is -3.00. The SMILES string of the molecule is CC1=C[C@@](CF)(c2cc(NC(=O)c3ccc(Cl)cn3)ccc2F)N=C(N)O1. The van der Waals surface area contributed by atoms with E-state index in [-0.39, 0.29) is 23.0 Å². The van der Waals surface area contributed by atoms with Gasteiger partial charge in [0.05, 0.1) is 5.02 Å². The van der Waals surface area contributed by atoms with E-state index >= 15 is 0 Å². The number of alkyl halides is 1. The van der Waals surface area contributed by atoms with Crippen molar-refractivity contribution in [2.75, 3.05) is 12.0 Å². The quantitative estimate of drug-likeness (QED) is 0.832. The number of benzene rings is 1. The Morgan fingerprint density at radius 3 is 2.78 bits per heavy atom. The predicted molar refractivity (Wildman–Crippen MR) is 97.7 cm³/mol. The summed E-state index contributed by atoms with van der Waals surface area (Å²) in [6.45, 7) is 0.517. The Morgan fingerprint density at radius 2 is 2.15 bits per heavy atom. The van der Waals surface area contributed by atoms with Crippen molar-refractivity contribution in [3.05, 3.63) is 70.5 Å². The third-order valence-electron chi connectivity index (χ3n) is 3.87. The van der Waals surface area contributed by atoms with E-state index in [4.69, 9.17) is 22.1 Å². The summed E-state index contributed by atoms with van der Waals surface area (Å²) in [5, 5.41) is 2.97. The number of amides is 1. The van der Waals surface area contributed by atoms with Crippen LogP contribution in [-0.2, 0) is 10.3 Å². The van der Waals surface area contributed by atoms with Crippen molar-refractivity contribution in [1.29, 1.82) is 0 Å². The first kappa shape index (κ1) is 18.8. The summed E-state index contributed by atoms with van der Waals surface area (Å²) in [5.41, 5.74) is 4.19. The molecule has 1 amide bonds. The van der Waals surface area contributed by atoms with Crippen LogP contribution < -0.4 is 11.1 Å². The summed E-state index contributed by atoms with van der Waals surface area (Å²) in [6, 6.07) is 6.45. The molecule has 1 atom stereocenters. The molecule has 0 saturated carbocycles. The molecule has 1 aromatic carbocycles. The number of carbonyl (C=O) groups excluding carboxylic acids is 1. The monoisotopic (exact) mass is 392 g/mol. The average Bonchev–Trinajstić information content (AvgIpc) is 2.62. The largest absolute Gasteiger partial charge is 0.431 e. The minimum absolute atomic E-state index is 0.0857. The number of anilines is 1. The maximum absolute atomic E-state index is 14.5. The number of hydrogen-bond acceptors (Lipinski definition) is 5. The van der Waals surface area contributed by atoms with Gasteiger partial charge >= 0.3 is 0 Å². The first-order chi connectivity index (χ1) is 12.8. The highest BCUT2D eigenvalue weighted by atomic mass is 35.5. The number of hydrogen-bond donors (Lipinski definition) is 2. The van der Waals surface area contributed by atoms with Crippen molar-refractivity contribution < 1.29 is 18.3 Å². The van der Waals surface area contributed by atoms with E-state index in [9.17, 15) is 13.6 Å². The van der Waals surface area contributed by atoms with Crippen LogP contribution in [0.2, 0.25) is 5.02 Å². The van der Waals surface area contributed by atoms with Crippen LogP contribution in [0.25, 0.3) is 0 Å². The number of carbonyl (C=O) groups is 1.